The molecular weight excluding hydrogens is 408 g/mol. The SMILES string of the molecule is Cn1c(=O)cc(N2CCN(Cc3ccc(Br)cc3O)CC2)c2ncccc21. The topological polar surface area (TPSA) is 61.6 Å². The quantitative estimate of drug-likeness (QED) is 0.694. The van der Waals surface area contributed by atoms with E-state index < -0.39 is 0 Å². The first-order valence-corrected chi connectivity index (χ1v) is 9.71. The second-order valence-corrected chi connectivity index (χ2v) is 7.75. The van der Waals surface area contributed by atoms with E-state index in [1.165, 1.54) is 0 Å². The molecule has 0 saturated carbocycles. The molecule has 7 heteroatoms. The van der Waals surface area contributed by atoms with Gasteiger partial charge in [0.2, 0.25) is 0 Å². The number of rotatable bonds is 3. The third kappa shape index (κ3) is 3.57. The van der Waals surface area contributed by atoms with Crippen molar-refractivity contribution in [1.29, 1.82) is 0 Å². The molecule has 1 aliphatic heterocycles. The van der Waals surface area contributed by atoms with Crippen LogP contribution in [0, 0.1) is 0 Å². The zero-order valence-electron chi connectivity index (χ0n) is 15.1. The van der Waals surface area contributed by atoms with Crippen molar-refractivity contribution < 1.29 is 5.11 Å². The molecule has 0 spiro atoms. The lowest BCUT2D eigenvalue weighted by atomic mass is 10.1. The summed E-state index contributed by atoms with van der Waals surface area (Å²) in [4.78, 5) is 21.4. The van der Waals surface area contributed by atoms with Crippen molar-refractivity contribution in [3.8, 4) is 5.75 Å². The van der Waals surface area contributed by atoms with E-state index in [0.717, 1.165) is 52.9 Å². The summed E-state index contributed by atoms with van der Waals surface area (Å²) in [5.74, 6) is 0.313. The van der Waals surface area contributed by atoms with Gasteiger partial charge in [-0.05, 0) is 24.3 Å². The summed E-state index contributed by atoms with van der Waals surface area (Å²) in [6, 6.07) is 11.1. The molecule has 1 saturated heterocycles. The normalized spacial score (nSPS) is 15.4. The molecule has 0 bridgehead atoms. The minimum absolute atomic E-state index is 0.0206. The highest BCUT2D eigenvalue weighted by Gasteiger charge is 2.21. The number of benzene rings is 1. The van der Waals surface area contributed by atoms with Crippen LogP contribution in [0.3, 0.4) is 0 Å². The van der Waals surface area contributed by atoms with E-state index in [1.807, 2.05) is 24.3 Å². The fourth-order valence-corrected chi connectivity index (χ4v) is 3.91. The Kier molecular flexibility index (Phi) is 4.88. The van der Waals surface area contributed by atoms with Crippen LogP contribution in [0.1, 0.15) is 5.56 Å². The number of pyridine rings is 2. The fourth-order valence-electron chi connectivity index (χ4n) is 3.57. The van der Waals surface area contributed by atoms with E-state index in [1.54, 1.807) is 29.9 Å². The number of hydrogen-bond donors (Lipinski definition) is 1. The van der Waals surface area contributed by atoms with Crippen molar-refractivity contribution in [3.63, 3.8) is 0 Å². The van der Waals surface area contributed by atoms with Crippen molar-refractivity contribution in [2.45, 2.75) is 6.54 Å². The highest BCUT2D eigenvalue weighted by Crippen LogP contribution is 2.26. The van der Waals surface area contributed by atoms with Crippen LogP contribution in [0.2, 0.25) is 0 Å². The van der Waals surface area contributed by atoms with Crippen molar-refractivity contribution in [2.24, 2.45) is 7.05 Å². The zero-order valence-corrected chi connectivity index (χ0v) is 16.7. The average Bonchev–Trinajstić information content (AvgIpc) is 2.68. The van der Waals surface area contributed by atoms with E-state index in [4.69, 9.17) is 0 Å². The summed E-state index contributed by atoms with van der Waals surface area (Å²) >= 11 is 3.37. The van der Waals surface area contributed by atoms with Crippen LogP contribution >= 0.6 is 15.9 Å². The lowest BCUT2D eigenvalue weighted by Crippen LogP contribution is -2.46. The number of nitrogens with zero attached hydrogens (tertiary/aromatic N) is 4. The van der Waals surface area contributed by atoms with E-state index in [0.29, 0.717) is 12.3 Å². The molecule has 0 atom stereocenters. The van der Waals surface area contributed by atoms with Crippen LogP contribution in [0.25, 0.3) is 11.0 Å². The molecule has 0 aliphatic carbocycles. The third-order valence-electron chi connectivity index (χ3n) is 5.14. The van der Waals surface area contributed by atoms with Gasteiger partial charge in [-0.15, -0.1) is 0 Å². The molecular formula is C20H21BrN4O2. The standard InChI is InChI=1S/C20H21BrN4O2/c1-23-16-3-2-6-22-20(16)17(12-19(23)27)25-9-7-24(8-10-25)13-14-4-5-15(21)11-18(14)26/h2-6,11-12,26H,7-10,13H2,1H3. The lowest BCUT2D eigenvalue weighted by molar-refractivity contribution is 0.247. The van der Waals surface area contributed by atoms with Crippen molar-refractivity contribution >= 4 is 32.7 Å². The molecule has 3 heterocycles. The molecule has 27 heavy (non-hydrogen) atoms. The Labute approximate surface area is 165 Å². The molecule has 1 aromatic carbocycles. The van der Waals surface area contributed by atoms with Gasteiger partial charge in [0.25, 0.3) is 5.56 Å². The summed E-state index contributed by atoms with van der Waals surface area (Å²) < 4.78 is 2.51. The van der Waals surface area contributed by atoms with Crippen LogP contribution in [0.15, 0.2) is 51.9 Å². The summed E-state index contributed by atoms with van der Waals surface area (Å²) in [7, 11) is 1.78. The Bertz CT molecular complexity index is 1040. The van der Waals surface area contributed by atoms with Crippen LogP contribution < -0.4 is 10.5 Å². The van der Waals surface area contributed by atoms with Crippen molar-refractivity contribution in [3.05, 3.63) is 63.0 Å². The van der Waals surface area contributed by atoms with Gasteiger partial charge in [-0.1, -0.05) is 22.0 Å². The van der Waals surface area contributed by atoms with Crippen LogP contribution in [-0.2, 0) is 13.6 Å². The first-order chi connectivity index (χ1) is 13.0. The van der Waals surface area contributed by atoms with E-state index in [9.17, 15) is 9.90 Å². The number of halogens is 1. The Balaban J connectivity index is 1.52. The predicted molar refractivity (Wildman–Crippen MR) is 110 cm³/mol. The van der Waals surface area contributed by atoms with Gasteiger partial charge >= 0.3 is 0 Å². The number of aromatic nitrogens is 2. The average molecular weight is 429 g/mol. The molecule has 3 aromatic rings. The molecule has 0 unspecified atom stereocenters. The first-order valence-electron chi connectivity index (χ1n) is 8.92. The molecule has 4 rings (SSSR count). The second-order valence-electron chi connectivity index (χ2n) is 6.83. The maximum absolute atomic E-state index is 12.3. The molecule has 1 aliphatic rings. The van der Waals surface area contributed by atoms with Crippen LogP contribution in [-0.4, -0.2) is 45.7 Å². The first kappa shape index (κ1) is 18.0. The maximum atomic E-state index is 12.3. The van der Waals surface area contributed by atoms with Gasteiger partial charge in [-0.3, -0.25) is 14.7 Å². The third-order valence-corrected chi connectivity index (χ3v) is 5.63. The molecule has 0 amide bonds. The van der Waals surface area contributed by atoms with Gasteiger partial charge in [0.15, 0.2) is 0 Å². The molecule has 1 N–H and O–H groups in total. The monoisotopic (exact) mass is 428 g/mol. The molecule has 140 valence electrons. The number of anilines is 1. The number of piperazine rings is 1. The number of aromatic hydroxyl groups is 1. The Morgan fingerprint density at radius 1 is 1.15 bits per heavy atom. The minimum atomic E-state index is -0.0206. The van der Waals surface area contributed by atoms with Crippen molar-refractivity contribution in [2.75, 3.05) is 31.1 Å². The van der Waals surface area contributed by atoms with Gasteiger partial charge in [-0.25, -0.2) is 0 Å². The van der Waals surface area contributed by atoms with E-state index in [-0.39, 0.29) is 5.56 Å². The highest BCUT2D eigenvalue weighted by molar-refractivity contribution is 9.10. The summed E-state index contributed by atoms with van der Waals surface area (Å²) in [5, 5.41) is 10.1. The van der Waals surface area contributed by atoms with Gasteiger partial charge in [0.05, 0.1) is 11.2 Å². The Hall–Kier alpha value is -2.38. The fraction of sp³-hybridized carbons (Fsp3) is 0.300. The van der Waals surface area contributed by atoms with Crippen molar-refractivity contribution in [1.82, 2.24) is 14.5 Å². The number of hydrogen-bond acceptors (Lipinski definition) is 5. The van der Waals surface area contributed by atoms with Crippen LogP contribution in [0.5, 0.6) is 5.75 Å². The number of phenols is 1. The van der Waals surface area contributed by atoms with E-state index >= 15 is 0 Å². The summed E-state index contributed by atoms with van der Waals surface area (Å²) in [5.41, 5.74) is 3.51. The summed E-state index contributed by atoms with van der Waals surface area (Å²) in [6.45, 7) is 4.06. The van der Waals surface area contributed by atoms with Gasteiger partial charge in [0, 0.05) is 62.1 Å². The molecule has 2 aromatic heterocycles. The highest BCUT2D eigenvalue weighted by atomic mass is 79.9. The molecule has 0 radical (unpaired) electrons. The number of phenolic OH excluding ortho intramolecular Hbond substituents is 1. The predicted octanol–water partition coefficient (Wildman–Crippen LogP) is 2.72. The maximum Gasteiger partial charge on any atom is 0.252 e. The second kappa shape index (κ2) is 7.32. The van der Waals surface area contributed by atoms with Gasteiger partial charge < -0.3 is 14.6 Å². The minimum Gasteiger partial charge on any atom is -0.508 e. The molecule has 6 nitrogen and oxygen atoms in total. The van der Waals surface area contributed by atoms with Gasteiger partial charge in [-0.2, -0.15) is 0 Å². The Morgan fingerprint density at radius 2 is 1.93 bits per heavy atom. The lowest BCUT2D eigenvalue weighted by Gasteiger charge is -2.36. The van der Waals surface area contributed by atoms with Crippen LogP contribution in [0.4, 0.5) is 5.69 Å². The summed E-state index contributed by atoms with van der Waals surface area (Å²) in [6.07, 6.45) is 1.77. The number of aryl methyl sites for hydroxylation is 1. The zero-order chi connectivity index (χ0) is 19.0. The molecule has 1 fully saturated rings. The van der Waals surface area contributed by atoms with Gasteiger partial charge in [0.1, 0.15) is 11.3 Å². The van der Waals surface area contributed by atoms with E-state index in [2.05, 4.69) is 30.7 Å². The smallest absolute Gasteiger partial charge is 0.252 e. The largest absolute Gasteiger partial charge is 0.508 e. The number of fused-ring (bicyclic) bond motifs is 1. The Morgan fingerprint density at radius 3 is 2.67 bits per heavy atom.